The fraction of sp³-hybridized carbons (Fsp3) is 0.289. The molecule has 4 aromatic carbocycles. The van der Waals surface area contributed by atoms with Crippen LogP contribution in [-0.2, 0) is 33.9 Å². The second-order valence-corrected chi connectivity index (χ2v) is 13.8. The van der Waals surface area contributed by atoms with Crippen molar-refractivity contribution >= 4 is 29.7 Å². The molecule has 244 valence electrons. The number of amides is 3. The number of alkyl carbamates (subject to hydrolysis) is 1. The first-order valence-electron chi connectivity index (χ1n) is 15.7. The van der Waals surface area contributed by atoms with Gasteiger partial charge in [-0.2, -0.15) is 0 Å². The number of benzene rings is 4. The molecule has 4 aromatic rings. The summed E-state index contributed by atoms with van der Waals surface area (Å²) in [5.41, 5.74) is 5.63. The lowest BCUT2D eigenvalue weighted by Gasteiger charge is -2.33. The molecule has 0 aliphatic carbocycles. The Morgan fingerprint density at radius 2 is 1.51 bits per heavy atom. The van der Waals surface area contributed by atoms with Crippen LogP contribution in [-0.4, -0.2) is 56.7 Å². The van der Waals surface area contributed by atoms with Crippen LogP contribution in [0.25, 0.3) is 11.1 Å². The smallest absolute Gasteiger partial charge is 0.407 e. The van der Waals surface area contributed by atoms with Crippen LogP contribution >= 0.6 is 11.8 Å². The molecule has 3 unspecified atom stereocenters. The predicted molar refractivity (Wildman–Crippen MR) is 185 cm³/mol. The summed E-state index contributed by atoms with van der Waals surface area (Å²) in [5.74, 6) is -0.702. The number of nitrogens with zero attached hydrogens (tertiary/aromatic N) is 1. The number of thioether (sulfide) groups is 1. The second kappa shape index (κ2) is 15.3. The summed E-state index contributed by atoms with van der Waals surface area (Å²) >= 11 is 1.47. The largest absolute Gasteiger partial charge is 0.445 e. The topological polar surface area (TPSA) is 108 Å². The highest BCUT2D eigenvalue weighted by atomic mass is 32.2. The number of aryl methyl sites for hydroxylation is 1. The second-order valence-electron chi connectivity index (χ2n) is 12.2. The number of ether oxygens (including phenoxy) is 1. The Morgan fingerprint density at radius 1 is 0.894 bits per heavy atom. The third-order valence-electron chi connectivity index (χ3n) is 8.49. The number of carbonyl (C=O) groups excluding carboxylic acids is 3. The number of carbonyl (C=O) groups is 3. The van der Waals surface area contributed by atoms with Gasteiger partial charge in [0.05, 0.1) is 11.9 Å². The molecule has 8 nitrogen and oxygen atoms in total. The summed E-state index contributed by atoms with van der Waals surface area (Å²) in [4.78, 5) is 42.2. The van der Waals surface area contributed by atoms with E-state index in [0.717, 1.165) is 33.4 Å². The van der Waals surface area contributed by atoms with Gasteiger partial charge in [-0.1, -0.05) is 109 Å². The molecule has 0 spiro atoms. The van der Waals surface area contributed by atoms with Gasteiger partial charge in [-0.3, -0.25) is 9.59 Å². The third kappa shape index (κ3) is 8.41. The van der Waals surface area contributed by atoms with E-state index in [2.05, 4.69) is 10.6 Å². The van der Waals surface area contributed by atoms with Crippen LogP contribution < -0.4 is 10.6 Å². The van der Waals surface area contributed by atoms with Crippen LogP contribution in [0.2, 0.25) is 0 Å². The lowest BCUT2D eigenvalue weighted by molar-refractivity contribution is -0.147. The molecule has 3 atom stereocenters. The molecule has 9 heteroatoms. The number of hydrogen-bond donors (Lipinski definition) is 3. The quantitative estimate of drug-likeness (QED) is 0.188. The number of rotatable bonds is 11. The highest BCUT2D eigenvalue weighted by molar-refractivity contribution is 8.00. The van der Waals surface area contributed by atoms with Crippen molar-refractivity contribution in [3.05, 3.63) is 131 Å². The summed E-state index contributed by atoms with van der Waals surface area (Å²) < 4.78 is 5.04. The lowest BCUT2D eigenvalue weighted by atomic mass is 9.97. The van der Waals surface area contributed by atoms with Crippen LogP contribution in [0, 0.1) is 6.92 Å². The van der Waals surface area contributed by atoms with Gasteiger partial charge < -0.3 is 25.4 Å². The van der Waals surface area contributed by atoms with Gasteiger partial charge in [0.1, 0.15) is 12.6 Å². The first-order chi connectivity index (χ1) is 22.6. The molecule has 0 bridgehead atoms. The molecule has 1 saturated heterocycles. The van der Waals surface area contributed by atoms with Gasteiger partial charge >= 0.3 is 6.09 Å². The van der Waals surface area contributed by atoms with Crippen molar-refractivity contribution in [2.45, 2.75) is 63.3 Å². The van der Waals surface area contributed by atoms with Crippen molar-refractivity contribution in [1.29, 1.82) is 0 Å². The van der Waals surface area contributed by atoms with Gasteiger partial charge in [-0.05, 0) is 60.6 Å². The molecule has 0 aromatic heterocycles. The number of nitrogens with one attached hydrogen (secondary N) is 2. The van der Waals surface area contributed by atoms with Crippen LogP contribution in [0.1, 0.15) is 36.1 Å². The average molecular weight is 652 g/mol. The summed E-state index contributed by atoms with van der Waals surface area (Å²) in [6.07, 6.45) is -2.21. The molecule has 1 aliphatic rings. The first kappa shape index (κ1) is 33.8. The fourth-order valence-electron chi connectivity index (χ4n) is 5.83. The average Bonchev–Trinajstić information content (AvgIpc) is 3.41. The number of hydrogen-bond acceptors (Lipinski definition) is 6. The SMILES string of the molecule is Cc1ccccc1CNC(=O)C1N(C(=O)C(O)C(Cc2ccccc2)NC(=O)OCc2ccccc2-c2ccccc2)CSC1(C)C. The molecule has 0 saturated carbocycles. The minimum absolute atomic E-state index is 0.000905. The molecule has 1 fully saturated rings. The van der Waals surface area contributed by atoms with Crippen molar-refractivity contribution < 1.29 is 24.2 Å². The van der Waals surface area contributed by atoms with Crippen molar-refractivity contribution in [2.75, 3.05) is 5.88 Å². The van der Waals surface area contributed by atoms with Gasteiger partial charge in [0.25, 0.3) is 5.91 Å². The van der Waals surface area contributed by atoms with Crippen LogP contribution in [0.15, 0.2) is 109 Å². The van der Waals surface area contributed by atoms with E-state index in [1.54, 1.807) is 0 Å². The third-order valence-corrected chi connectivity index (χ3v) is 9.86. The van der Waals surface area contributed by atoms with Gasteiger partial charge in [0.15, 0.2) is 6.10 Å². The molecule has 1 aliphatic heterocycles. The van der Waals surface area contributed by atoms with Crippen LogP contribution in [0.4, 0.5) is 4.79 Å². The molecular formula is C38H41N3O5S. The van der Waals surface area contributed by atoms with Crippen molar-refractivity contribution in [2.24, 2.45) is 0 Å². The Balaban J connectivity index is 1.30. The Bertz CT molecular complexity index is 1680. The van der Waals surface area contributed by atoms with Gasteiger partial charge in [0, 0.05) is 11.3 Å². The lowest BCUT2D eigenvalue weighted by Crippen LogP contribution is -2.58. The molecule has 1 heterocycles. The van der Waals surface area contributed by atoms with Crippen molar-refractivity contribution in [3.63, 3.8) is 0 Å². The standard InChI is InChI=1S/C38H41N3O5S/c1-26-14-10-11-19-29(26)23-39-35(43)34-38(2,3)47-25-41(34)36(44)33(42)32(22-27-15-6-4-7-16-27)40-37(45)46-24-30-20-12-13-21-31(30)28-17-8-5-9-18-28/h4-21,32-34,42H,22-25H2,1-3H3,(H,39,43)(H,40,45). The summed E-state index contributed by atoms with van der Waals surface area (Å²) in [5, 5.41) is 17.3. The molecule has 0 radical (unpaired) electrons. The van der Waals surface area contributed by atoms with E-state index in [1.807, 2.05) is 130 Å². The van der Waals surface area contributed by atoms with Gasteiger partial charge in [0.2, 0.25) is 5.91 Å². The van der Waals surface area contributed by atoms with E-state index in [4.69, 9.17) is 4.74 Å². The van der Waals surface area contributed by atoms with E-state index in [-0.39, 0.29) is 24.8 Å². The minimum Gasteiger partial charge on any atom is -0.445 e. The maximum Gasteiger partial charge on any atom is 0.407 e. The molecule has 3 amide bonds. The molecule has 3 N–H and O–H groups in total. The van der Waals surface area contributed by atoms with Crippen LogP contribution in [0.3, 0.4) is 0 Å². The maximum atomic E-state index is 14.0. The van der Waals surface area contributed by atoms with Crippen molar-refractivity contribution in [3.8, 4) is 11.1 Å². The van der Waals surface area contributed by atoms with Gasteiger partial charge in [-0.15, -0.1) is 11.8 Å². The Kier molecular flexibility index (Phi) is 11.0. The van der Waals surface area contributed by atoms with E-state index < -0.39 is 34.9 Å². The zero-order chi connectivity index (χ0) is 33.4. The number of aliphatic hydroxyl groups excluding tert-OH is 1. The normalized spacial score (nSPS) is 16.6. The van der Waals surface area contributed by atoms with Crippen molar-refractivity contribution in [1.82, 2.24) is 15.5 Å². The molecule has 47 heavy (non-hydrogen) atoms. The van der Waals surface area contributed by atoms with E-state index in [1.165, 1.54) is 16.7 Å². The zero-order valence-electron chi connectivity index (χ0n) is 26.9. The zero-order valence-corrected chi connectivity index (χ0v) is 27.7. The van der Waals surface area contributed by atoms with Gasteiger partial charge in [-0.25, -0.2) is 4.79 Å². The molecule has 5 rings (SSSR count). The predicted octanol–water partition coefficient (Wildman–Crippen LogP) is 5.86. The Morgan fingerprint density at radius 3 is 2.21 bits per heavy atom. The fourth-order valence-corrected chi connectivity index (χ4v) is 6.97. The first-order valence-corrected chi connectivity index (χ1v) is 16.7. The Hall–Kier alpha value is -4.60. The van der Waals surface area contributed by atoms with Crippen LogP contribution in [0.5, 0.6) is 0 Å². The summed E-state index contributed by atoms with van der Waals surface area (Å²) in [6.45, 7) is 6.14. The molecular weight excluding hydrogens is 611 g/mol. The number of aliphatic hydroxyl groups is 1. The van der Waals surface area contributed by atoms with E-state index in [9.17, 15) is 19.5 Å². The summed E-state index contributed by atoms with van der Waals surface area (Å²) in [7, 11) is 0. The monoisotopic (exact) mass is 651 g/mol. The summed E-state index contributed by atoms with van der Waals surface area (Å²) in [6, 6.07) is 32.8. The van der Waals surface area contributed by atoms with E-state index >= 15 is 0 Å². The maximum absolute atomic E-state index is 14.0. The highest BCUT2D eigenvalue weighted by Gasteiger charge is 2.49. The highest BCUT2D eigenvalue weighted by Crippen LogP contribution is 2.40. The Labute approximate surface area is 280 Å². The minimum atomic E-state index is -1.62. The van der Waals surface area contributed by atoms with E-state index in [0.29, 0.717) is 6.54 Å².